The third-order valence-electron chi connectivity index (χ3n) is 6.73. The zero-order valence-corrected chi connectivity index (χ0v) is 23.8. The second-order valence-electron chi connectivity index (χ2n) is 9.40. The molecule has 1 amide bonds. The molecule has 2 aromatic heterocycles. The molecule has 13 heteroatoms. The maximum Gasteiger partial charge on any atom is 0.400 e. The number of halogens is 6. The fraction of sp³-hybridized carbons (Fsp3) is 0.143. The summed E-state index contributed by atoms with van der Waals surface area (Å²) in [6.45, 7) is 0. The minimum absolute atomic E-state index is 0.0520. The van der Waals surface area contributed by atoms with E-state index in [2.05, 4.69) is 15.5 Å². The van der Waals surface area contributed by atoms with Gasteiger partial charge in [-0.1, -0.05) is 76.5 Å². The number of alkyl halides is 3. The van der Waals surface area contributed by atoms with Crippen molar-refractivity contribution in [2.24, 2.45) is 0 Å². The number of aromatic nitrogens is 4. The Hall–Kier alpha value is -3.44. The summed E-state index contributed by atoms with van der Waals surface area (Å²) in [7, 11) is 0. The molecular formula is C28H17Cl3F3N5OS. The summed E-state index contributed by atoms with van der Waals surface area (Å²) in [5.74, 6) is -0.554. The van der Waals surface area contributed by atoms with Crippen molar-refractivity contribution in [2.75, 3.05) is 5.32 Å². The van der Waals surface area contributed by atoms with Crippen LogP contribution in [0, 0.1) is 0 Å². The van der Waals surface area contributed by atoms with Gasteiger partial charge < -0.3 is 5.32 Å². The third kappa shape index (κ3) is 5.10. The first-order valence-electron chi connectivity index (χ1n) is 12.2. The molecule has 0 aliphatic heterocycles. The second-order valence-corrected chi connectivity index (χ2v) is 11.7. The summed E-state index contributed by atoms with van der Waals surface area (Å²) < 4.78 is 43.1. The summed E-state index contributed by atoms with van der Waals surface area (Å²) in [6, 6.07) is 20.2. The van der Waals surface area contributed by atoms with E-state index in [1.165, 1.54) is 10.7 Å². The molecular weight excluding hydrogens is 618 g/mol. The molecule has 1 aliphatic carbocycles. The number of hydrogen-bond donors (Lipinski definition) is 1. The van der Waals surface area contributed by atoms with Gasteiger partial charge >= 0.3 is 6.18 Å². The Kier molecular flexibility index (Phi) is 7.05. The van der Waals surface area contributed by atoms with E-state index in [0.717, 1.165) is 11.3 Å². The predicted molar refractivity (Wildman–Crippen MR) is 154 cm³/mol. The van der Waals surface area contributed by atoms with Gasteiger partial charge in [-0.15, -0.1) is 10.2 Å². The van der Waals surface area contributed by atoms with Crippen molar-refractivity contribution in [1.82, 2.24) is 20.0 Å². The first kappa shape index (κ1) is 27.7. The van der Waals surface area contributed by atoms with Crippen molar-refractivity contribution in [1.29, 1.82) is 0 Å². The highest BCUT2D eigenvalue weighted by Crippen LogP contribution is 2.60. The van der Waals surface area contributed by atoms with E-state index in [1.807, 2.05) is 0 Å². The molecule has 6 nitrogen and oxygen atoms in total. The smallest absolute Gasteiger partial charge is 0.322 e. The van der Waals surface area contributed by atoms with Gasteiger partial charge in [0.05, 0.1) is 22.0 Å². The molecule has 0 saturated heterocycles. The molecule has 0 spiro atoms. The standard InChI is InChI=1S/C28H17Cl3F3N5OS/c29-16-8-6-15(7-9-16)23-21(24(40)35-18-4-2-1-3-5-18)22(38-39(23)20-11-10-17(30)14-19(20)31)25-36-37-26(41-25)27(12-13-27)28(32,33)34/h1-11,14H,12-13H2,(H,35,40). The molecule has 3 aromatic carbocycles. The Balaban J connectivity index is 1.60. The lowest BCUT2D eigenvalue weighted by molar-refractivity contribution is -0.160. The molecule has 0 radical (unpaired) electrons. The molecule has 1 N–H and O–H groups in total. The number of benzene rings is 3. The predicted octanol–water partition coefficient (Wildman–Crippen LogP) is 8.86. The van der Waals surface area contributed by atoms with Crippen LogP contribution in [-0.4, -0.2) is 32.1 Å². The second kappa shape index (κ2) is 10.4. The summed E-state index contributed by atoms with van der Waals surface area (Å²) in [6.07, 6.45) is -4.61. The first-order chi connectivity index (χ1) is 19.6. The average Bonchev–Trinajstić information content (AvgIpc) is 3.46. The van der Waals surface area contributed by atoms with E-state index in [1.54, 1.807) is 66.7 Å². The van der Waals surface area contributed by atoms with Crippen LogP contribution in [0.1, 0.15) is 28.2 Å². The van der Waals surface area contributed by atoms with E-state index in [9.17, 15) is 18.0 Å². The van der Waals surface area contributed by atoms with E-state index >= 15 is 0 Å². The van der Waals surface area contributed by atoms with Gasteiger partial charge in [0.25, 0.3) is 5.91 Å². The average molecular weight is 635 g/mol. The maximum absolute atomic E-state index is 14.0. The molecule has 1 fully saturated rings. The number of carbonyl (C=O) groups is 1. The number of rotatable bonds is 6. The highest BCUT2D eigenvalue weighted by molar-refractivity contribution is 7.14. The number of anilines is 1. The summed E-state index contributed by atoms with van der Waals surface area (Å²) in [5.41, 5.74) is -0.136. The van der Waals surface area contributed by atoms with Crippen LogP contribution in [0.3, 0.4) is 0 Å². The molecule has 5 aromatic rings. The van der Waals surface area contributed by atoms with Crippen molar-refractivity contribution in [2.45, 2.75) is 24.4 Å². The molecule has 0 unspecified atom stereocenters. The molecule has 41 heavy (non-hydrogen) atoms. The van der Waals surface area contributed by atoms with Crippen LogP contribution in [0.25, 0.3) is 27.6 Å². The Labute approximate surface area is 250 Å². The number of para-hydroxylation sites is 1. The number of nitrogens with one attached hydrogen (secondary N) is 1. The number of carbonyl (C=O) groups excluding carboxylic acids is 1. The fourth-order valence-electron chi connectivity index (χ4n) is 4.46. The first-order valence-corrected chi connectivity index (χ1v) is 14.1. The lowest BCUT2D eigenvalue weighted by Crippen LogP contribution is -2.28. The number of amides is 1. The van der Waals surface area contributed by atoms with Gasteiger partial charge in [0, 0.05) is 21.3 Å². The monoisotopic (exact) mass is 633 g/mol. The lowest BCUT2D eigenvalue weighted by Gasteiger charge is -2.15. The van der Waals surface area contributed by atoms with Gasteiger partial charge in [-0.05, 0) is 55.3 Å². The topological polar surface area (TPSA) is 72.7 Å². The van der Waals surface area contributed by atoms with Gasteiger partial charge in [-0.2, -0.15) is 18.3 Å². The lowest BCUT2D eigenvalue weighted by atomic mass is 10.0. The highest BCUT2D eigenvalue weighted by atomic mass is 35.5. The van der Waals surface area contributed by atoms with Crippen molar-refractivity contribution in [3.63, 3.8) is 0 Å². The number of hydrogen-bond acceptors (Lipinski definition) is 5. The Morgan fingerprint density at radius 2 is 1.61 bits per heavy atom. The molecule has 6 rings (SSSR count). The zero-order valence-electron chi connectivity index (χ0n) is 20.7. The van der Waals surface area contributed by atoms with E-state index in [0.29, 0.717) is 32.7 Å². The van der Waals surface area contributed by atoms with Crippen LogP contribution in [-0.2, 0) is 5.41 Å². The fourth-order valence-corrected chi connectivity index (χ4v) is 6.17. The molecule has 208 valence electrons. The van der Waals surface area contributed by atoms with Crippen LogP contribution in [0.4, 0.5) is 18.9 Å². The van der Waals surface area contributed by atoms with E-state index in [-0.39, 0.29) is 39.1 Å². The summed E-state index contributed by atoms with van der Waals surface area (Å²) in [4.78, 5) is 14.0. The summed E-state index contributed by atoms with van der Waals surface area (Å²) >= 11 is 19.6. The van der Waals surface area contributed by atoms with Gasteiger partial charge in [-0.25, -0.2) is 4.68 Å². The van der Waals surface area contributed by atoms with Crippen LogP contribution >= 0.6 is 46.1 Å². The van der Waals surface area contributed by atoms with Crippen LogP contribution in [0.5, 0.6) is 0 Å². The third-order valence-corrected chi connectivity index (χ3v) is 8.65. The minimum Gasteiger partial charge on any atom is -0.322 e. The van der Waals surface area contributed by atoms with Crippen LogP contribution < -0.4 is 5.32 Å². The van der Waals surface area contributed by atoms with Crippen molar-refractivity contribution >= 4 is 57.7 Å². The molecule has 2 heterocycles. The highest BCUT2D eigenvalue weighted by Gasteiger charge is 2.66. The van der Waals surface area contributed by atoms with Crippen molar-refractivity contribution in [3.8, 4) is 27.6 Å². The quantitative estimate of drug-likeness (QED) is 0.203. The normalized spacial score (nSPS) is 14.2. The SMILES string of the molecule is O=C(Nc1ccccc1)c1c(-c2nnc(C3(C(F)(F)F)CC3)s2)nn(-c2ccc(Cl)cc2Cl)c1-c1ccc(Cl)cc1. The molecule has 0 bridgehead atoms. The largest absolute Gasteiger partial charge is 0.400 e. The molecule has 1 saturated carbocycles. The van der Waals surface area contributed by atoms with Gasteiger partial charge in [0.2, 0.25) is 0 Å². The van der Waals surface area contributed by atoms with Crippen molar-refractivity contribution in [3.05, 3.63) is 98.4 Å². The zero-order chi connectivity index (χ0) is 28.9. The van der Waals surface area contributed by atoms with E-state index < -0.39 is 17.5 Å². The Bertz CT molecular complexity index is 1770. The van der Waals surface area contributed by atoms with Crippen molar-refractivity contribution < 1.29 is 18.0 Å². The Morgan fingerprint density at radius 3 is 2.24 bits per heavy atom. The van der Waals surface area contributed by atoms with Gasteiger partial charge in [0.15, 0.2) is 5.01 Å². The molecule has 1 aliphatic rings. The Morgan fingerprint density at radius 1 is 0.927 bits per heavy atom. The van der Waals surface area contributed by atoms with Gasteiger partial charge in [0.1, 0.15) is 16.1 Å². The number of nitrogens with zero attached hydrogens (tertiary/aromatic N) is 4. The van der Waals surface area contributed by atoms with Gasteiger partial charge in [-0.3, -0.25) is 4.79 Å². The minimum atomic E-state index is -4.47. The van der Waals surface area contributed by atoms with E-state index in [4.69, 9.17) is 39.9 Å². The molecule has 0 atom stereocenters. The summed E-state index contributed by atoms with van der Waals surface area (Å²) in [5, 5.41) is 16.5. The maximum atomic E-state index is 14.0. The van der Waals surface area contributed by atoms with Crippen LogP contribution in [0.2, 0.25) is 15.1 Å². The van der Waals surface area contributed by atoms with Crippen LogP contribution in [0.15, 0.2) is 72.8 Å².